The molecule has 0 saturated carbocycles. The van der Waals surface area contributed by atoms with Crippen LogP contribution in [-0.4, -0.2) is 4.98 Å². The summed E-state index contributed by atoms with van der Waals surface area (Å²) in [7, 11) is 0. The van der Waals surface area contributed by atoms with Crippen LogP contribution in [0.2, 0.25) is 0 Å². The van der Waals surface area contributed by atoms with Gasteiger partial charge in [-0.05, 0) is 58.9 Å². The third kappa shape index (κ3) is 2.97. The maximum Gasteiger partial charge on any atom is 0.227 e. The standard InChI is InChI=1S/C28H22N2O/c1-17(2)20-10-6-7-11-21(20)19-12-13-22-23-15-26-27(16-25(23)29-24(22)14-19)31-28(30-26)18-8-4-3-5-9-18/h3-12,14-17H,13H2,1-2H3. The average Bonchev–Trinajstić information content (AvgIpc) is 3.38. The Morgan fingerprint density at radius 2 is 1.74 bits per heavy atom. The normalized spacial score (nSPS) is 14.9. The maximum atomic E-state index is 6.05. The van der Waals surface area contributed by atoms with Gasteiger partial charge in [-0.25, -0.2) is 9.98 Å². The third-order valence-electron chi connectivity index (χ3n) is 6.11. The first-order chi connectivity index (χ1) is 15.2. The second-order valence-corrected chi connectivity index (χ2v) is 8.45. The smallest absolute Gasteiger partial charge is 0.227 e. The highest BCUT2D eigenvalue weighted by molar-refractivity contribution is 5.87. The zero-order valence-corrected chi connectivity index (χ0v) is 17.6. The van der Waals surface area contributed by atoms with E-state index in [0.717, 1.165) is 34.1 Å². The minimum atomic E-state index is 0.482. The summed E-state index contributed by atoms with van der Waals surface area (Å²) in [6.45, 7) is 4.49. The first kappa shape index (κ1) is 18.1. The van der Waals surface area contributed by atoms with Crippen LogP contribution >= 0.6 is 0 Å². The van der Waals surface area contributed by atoms with Crippen molar-refractivity contribution in [3.63, 3.8) is 0 Å². The van der Waals surface area contributed by atoms with Crippen molar-refractivity contribution < 1.29 is 4.42 Å². The predicted molar refractivity (Wildman–Crippen MR) is 125 cm³/mol. The van der Waals surface area contributed by atoms with Crippen LogP contribution in [0.5, 0.6) is 0 Å². The zero-order chi connectivity index (χ0) is 20.9. The molecule has 0 saturated heterocycles. The number of allylic oxidation sites excluding steroid dienone is 4. The highest BCUT2D eigenvalue weighted by atomic mass is 16.3. The number of nitrogens with zero attached hydrogens (tertiary/aromatic N) is 2. The van der Waals surface area contributed by atoms with Crippen molar-refractivity contribution >= 4 is 22.2 Å². The quantitative estimate of drug-likeness (QED) is 0.436. The molecule has 1 aliphatic carbocycles. The van der Waals surface area contributed by atoms with E-state index in [1.807, 2.05) is 36.4 Å². The number of fused-ring (bicyclic) bond motifs is 3. The van der Waals surface area contributed by atoms with E-state index >= 15 is 0 Å². The van der Waals surface area contributed by atoms with E-state index in [2.05, 4.69) is 56.3 Å². The molecule has 3 aromatic carbocycles. The van der Waals surface area contributed by atoms with Gasteiger partial charge in [-0.3, -0.25) is 0 Å². The van der Waals surface area contributed by atoms with Gasteiger partial charge in [0.1, 0.15) is 5.52 Å². The molecule has 2 heterocycles. The van der Waals surface area contributed by atoms with Crippen molar-refractivity contribution in [2.24, 2.45) is 4.99 Å². The van der Waals surface area contributed by atoms with Crippen LogP contribution in [0, 0.1) is 0 Å². The Labute approximate surface area is 180 Å². The molecule has 0 unspecified atom stereocenters. The van der Waals surface area contributed by atoms with Gasteiger partial charge in [0, 0.05) is 16.8 Å². The van der Waals surface area contributed by atoms with Crippen molar-refractivity contribution in [1.29, 1.82) is 0 Å². The average molecular weight is 402 g/mol. The Bertz CT molecular complexity index is 1520. The fraction of sp³-hybridized carbons (Fsp3) is 0.143. The molecule has 150 valence electrons. The molecule has 0 spiro atoms. The minimum absolute atomic E-state index is 0.482. The van der Waals surface area contributed by atoms with Crippen LogP contribution in [0.15, 0.2) is 94.0 Å². The van der Waals surface area contributed by atoms with Gasteiger partial charge in [-0.1, -0.05) is 62.4 Å². The summed E-state index contributed by atoms with van der Waals surface area (Å²) in [5.41, 5.74) is 8.90. The molecule has 1 aliphatic heterocycles. The van der Waals surface area contributed by atoms with Gasteiger partial charge in [0.15, 0.2) is 5.58 Å². The lowest BCUT2D eigenvalue weighted by Gasteiger charge is -2.17. The summed E-state index contributed by atoms with van der Waals surface area (Å²) in [6, 6.07) is 22.8. The highest BCUT2D eigenvalue weighted by Gasteiger charge is 2.20. The van der Waals surface area contributed by atoms with Gasteiger partial charge in [-0.2, -0.15) is 0 Å². The van der Waals surface area contributed by atoms with Crippen LogP contribution in [0.1, 0.15) is 37.3 Å². The van der Waals surface area contributed by atoms with E-state index < -0.39 is 0 Å². The van der Waals surface area contributed by atoms with Crippen molar-refractivity contribution in [1.82, 2.24) is 4.98 Å². The first-order valence-corrected chi connectivity index (χ1v) is 10.8. The molecule has 3 heteroatoms. The fourth-order valence-corrected chi connectivity index (χ4v) is 4.54. The number of aromatic nitrogens is 1. The first-order valence-electron chi connectivity index (χ1n) is 10.8. The number of benzene rings is 3. The second-order valence-electron chi connectivity index (χ2n) is 8.45. The highest BCUT2D eigenvalue weighted by Crippen LogP contribution is 2.34. The predicted octanol–water partition coefficient (Wildman–Crippen LogP) is 5.77. The largest absolute Gasteiger partial charge is 0.436 e. The van der Waals surface area contributed by atoms with Crippen LogP contribution in [0.25, 0.3) is 33.7 Å². The monoisotopic (exact) mass is 402 g/mol. The van der Waals surface area contributed by atoms with Crippen molar-refractivity contribution in [3.8, 4) is 11.5 Å². The lowest BCUT2D eigenvalue weighted by Crippen LogP contribution is -2.22. The van der Waals surface area contributed by atoms with E-state index in [1.165, 1.54) is 27.5 Å². The van der Waals surface area contributed by atoms with E-state index in [9.17, 15) is 0 Å². The second kappa shape index (κ2) is 6.92. The molecule has 0 fully saturated rings. The van der Waals surface area contributed by atoms with Crippen LogP contribution < -0.4 is 10.6 Å². The molecular weight excluding hydrogens is 380 g/mol. The molecule has 2 aliphatic rings. The van der Waals surface area contributed by atoms with Gasteiger partial charge in [-0.15, -0.1) is 0 Å². The van der Waals surface area contributed by atoms with Gasteiger partial charge in [0.2, 0.25) is 5.89 Å². The number of oxazole rings is 1. The molecule has 0 N–H and O–H groups in total. The molecule has 6 rings (SSSR count). The summed E-state index contributed by atoms with van der Waals surface area (Å²) in [6.07, 6.45) is 5.43. The molecule has 0 atom stereocenters. The molecule has 0 amide bonds. The summed E-state index contributed by atoms with van der Waals surface area (Å²) >= 11 is 0. The summed E-state index contributed by atoms with van der Waals surface area (Å²) in [5.74, 6) is 1.13. The molecule has 1 aromatic heterocycles. The number of hydrogen-bond acceptors (Lipinski definition) is 3. The van der Waals surface area contributed by atoms with Crippen molar-refractivity contribution in [2.45, 2.75) is 26.2 Å². The number of hydrogen-bond donors (Lipinski definition) is 0. The van der Waals surface area contributed by atoms with E-state index in [4.69, 9.17) is 14.4 Å². The molecule has 3 nitrogen and oxygen atoms in total. The lowest BCUT2D eigenvalue weighted by atomic mass is 9.88. The van der Waals surface area contributed by atoms with Crippen LogP contribution in [0.3, 0.4) is 0 Å². The molecular formula is C28H22N2O. The third-order valence-corrected chi connectivity index (χ3v) is 6.11. The molecule has 31 heavy (non-hydrogen) atoms. The Kier molecular flexibility index (Phi) is 4.03. The van der Waals surface area contributed by atoms with Crippen molar-refractivity contribution in [2.75, 3.05) is 0 Å². The summed E-state index contributed by atoms with van der Waals surface area (Å²) in [5, 5.41) is 2.13. The Morgan fingerprint density at radius 3 is 2.58 bits per heavy atom. The number of rotatable bonds is 3. The van der Waals surface area contributed by atoms with Crippen LogP contribution in [0.4, 0.5) is 0 Å². The molecule has 0 radical (unpaired) electrons. The van der Waals surface area contributed by atoms with Crippen LogP contribution in [-0.2, 0) is 0 Å². The molecule has 4 aromatic rings. The van der Waals surface area contributed by atoms with Gasteiger partial charge in [0.25, 0.3) is 0 Å². The van der Waals surface area contributed by atoms with Crippen molar-refractivity contribution in [3.05, 3.63) is 106 Å². The van der Waals surface area contributed by atoms with E-state index in [1.54, 1.807) is 0 Å². The SMILES string of the molecule is CC(C)c1ccccc1C1=CCC2=c3cc4nc(-c5ccccc5)oc4cc3=NC2=C1. The van der Waals surface area contributed by atoms with Gasteiger partial charge < -0.3 is 4.42 Å². The fourth-order valence-electron chi connectivity index (χ4n) is 4.54. The van der Waals surface area contributed by atoms with Gasteiger partial charge >= 0.3 is 0 Å². The Balaban J connectivity index is 1.44. The maximum absolute atomic E-state index is 6.05. The lowest BCUT2D eigenvalue weighted by molar-refractivity contribution is 0.619. The Hall–Kier alpha value is -3.72. The minimum Gasteiger partial charge on any atom is -0.436 e. The summed E-state index contributed by atoms with van der Waals surface area (Å²) < 4.78 is 6.05. The van der Waals surface area contributed by atoms with E-state index in [0.29, 0.717) is 11.8 Å². The van der Waals surface area contributed by atoms with E-state index in [-0.39, 0.29) is 0 Å². The zero-order valence-electron chi connectivity index (χ0n) is 17.6. The Morgan fingerprint density at radius 1 is 0.935 bits per heavy atom. The van der Waals surface area contributed by atoms with Gasteiger partial charge in [0.05, 0.1) is 11.1 Å². The summed E-state index contributed by atoms with van der Waals surface area (Å²) in [4.78, 5) is 9.69. The molecule has 0 bridgehead atoms. The topological polar surface area (TPSA) is 38.4 Å².